The van der Waals surface area contributed by atoms with E-state index in [9.17, 15) is 14.7 Å². The predicted molar refractivity (Wildman–Crippen MR) is 156 cm³/mol. The average Bonchev–Trinajstić information content (AvgIpc) is 3.45. The van der Waals surface area contributed by atoms with Crippen molar-refractivity contribution < 1.29 is 49.0 Å². The van der Waals surface area contributed by atoms with E-state index in [0.717, 1.165) is 56.2 Å². The molecule has 2 amide bonds. The molecule has 0 bridgehead atoms. The summed E-state index contributed by atoms with van der Waals surface area (Å²) in [7, 11) is 1.69. The van der Waals surface area contributed by atoms with E-state index in [4.69, 9.17) is 9.72 Å². The summed E-state index contributed by atoms with van der Waals surface area (Å²) in [6.07, 6.45) is 8.76. The van der Waals surface area contributed by atoms with Crippen LogP contribution in [-0.2, 0) is 4.79 Å². The maximum atomic E-state index is 13.0. The maximum absolute atomic E-state index is 13.0. The van der Waals surface area contributed by atoms with Crippen LogP contribution < -0.4 is 44.7 Å². The number of thiazole rings is 1. The normalized spacial score (nSPS) is 20.8. The monoisotopic (exact) mass is 591 g/mol. The number of carboxylic acids is 1. The van der Waals surface area contributed by atoms with Gasteiger partial charge in [0.1, 0.15) is 5.75 Å². The number of hydrogen-bond acceptors (Lipinski definition) is 8. The van der Waals surface area contributed by atoms with Crippen LogP contribution in [0.5, 0.6) is 5.75 Å². The van der Waals surface area contributed by atoms with Gasteiger partial charge in [-0.15, -0.1) is 11.3 Å². The van der Waals surface area contributed by atoms with Gasteiger partial charge in [0.05, 0.1) is 12.8 Å². The van der Waals surface area contributed by atoms with Crippen LogP contribution in [-0.4, -0.2) is 91.2 Å². The van der Waals surface area contributed by atoms with E-state index in [1.807, 2.05) is 10.3 Å². The van der Waals surface area contributed by atoms with Crippen LogP contribution in [0, 0.1) is 5.92 Å². The van der Waals surface area contributed by atoms with Crippen LogP contribution in [0.4, 0.5) is 9.93 Å². The second kappa shape index (κ2) is 15.7. The molecule has 9 nitrogen and oxygen atoms in total. The summed E-state index contributed by atoms with van der Waals surface area (Å²) in [4.78, 5) is 35.2. The minimum atomic E-state index is -0.978. The van der Waals surface area contributed by atoms with E-state index < -0.39 is 5.97 Å². The van der Waals surface area contributed by atoms with Crippen LogP contribution in [0.3, 0.4) is 0 Å². The zero-order valence-corrected chi connectivity index (χ0v) is 27.4. The summed E-state index contributed by atoms with van der Waals surface area (Å²) in [6, 6.07) is 6.36. The predicted octanol–water partition coefficient (Wildman–Crippen LogP) is 0.872. The van der Waals surface area contributed by atoms with Crippen molar-refractivity contribution in [2.45, 2.75) is 57.3 Å². The fraction of sp³-hybridized carbons (Fsp3) is 0.633. The van der Waals surface area contributed by atoms with Crippen molar-refractivity contribution in [3.05, 3.63) is 29.1 Å². The molecule has 0 spiro atoms. The quantitative estimate of drug-likeness (QED) is 0.432. The van der Waals surface area contributed by atoms with Gasteiger partial charge in [0.15, 0.2) is 5.13 Å². The Morgan fingerprint density at radius 2 is 1.83 bits per heavy atom. The Balaban J connectivity index is 0.00000387. The first-order valence-corrected chi connectivity index (χ1v) is 15.7. The third-order valence-electron chi connectivity index (χ3n) is 8.71. The summed E-state index contributed by atoms with van der Waals surface area (Å²) < 4.78 is 5.66. The number of aliphatic carboxylic acids is 1. The molecule has 3 fully saturated rings. The molecule has 2 saturated heterocycles. The number of likely N-dealkylation sites (tertiary alicyclic amines) is 1. The van der Waals surface area contributed by atoms with Crippen molar-refractivity contribution in [3.63, 3.8) is 0 Å². The number of piperidine rings is 1. The van der Waals surface area contributed by atoms with Crippen LogP contribution in [0.2, 0.25) is 0 Å². The smallest absolute Gasteiger partial charge is 0.550 e. The molecule has 3 heterocycles. The number of amides is 2. The number of hydrogen-bond donors (Lipinski definition) is 1. The second-order valence-electron chi connectivity index (χ2n) is 11.5. The van der Waals surface area contributed by atoms with Gasteiger partial charge in [0.2, 0.25) is 0 Å². The van der Waals surface area contributed by atoms with Crippen molar-refractivity contribution in [3.8, 4) is 17.0 Å². The number of carboxylic acid groups (broad SMARTS) is 1. The summed E-state index contributed by atoms with van der Waals surface area (Å²) in [5, 5.41) is 16.4. The number of urea groups is 1. The van der Waals surface area contributed by atoms with E-state index in [-0.39, 0.29) is 42.0 Å². The van der Waals surface area contributed by atoms with Crippen molar-refractivity contribution in [2.75, 3.05) is 64.8 Å². The molecule has 1 aliphatic carbocycles. The van der Waals surface area contributed by atoms with Crippen LogP contribution in [0.25, 0.3) is 11.3 Å². The van der Waals surface area contributed by atoms with E-state index >= 15 is 0 Å². The average molecular weight is 592 g/mol. The fourth-order valence-electron chi connectivity index (χ4n) is 6.49. The van der Waals surface area contributed by atoms with Crippen LogP contribution in [0.15, 0.2) is 23.6 Å². The summed E-state index contributed by atoms with van der Waals surface area (Å²) in [6.45, 7) is 6.53. The van der Waals surface area contributed by atoms with E-state index in [2.05, 4.69) is 33.3 Å². The molecule has 1 atom stereocenters. The number of anilines is 1. The second-order valence-corrected chi connectivity index (χ2v) is 12.3. The van der Waals surface area contributed by atoms with Gasteiger partial charge < -0.3 is 24.4 Å². The Bertz CT molecular complexity index is 1150. The van der Waals surface area contributed by atoms with Gasteiger partial charge in [-0.2, -0.15) is 0 Å². The third kappa shape index (κ3) is 8.91. The molecular weight excluding hydrogens is 549 g/mol. The van der Waals surface area contributed by atoms with Crippen LogP contribution in [0.1, 0.15) is 62.8 Å². The molecule has 3 aliphatic rings. The molecule has 1 saturated carbocycles. The molecule has 0 unspecified atom stereocenters. The number of nitrogens with one attached hydrogen (secondary N) is 1. The van der Waals surface area contributed by atoms with Gasteiger partial charge >= 0.3 is 35.6 Å². The molecule has 41 heavy (non-hydrogen) atoms. The first kappa shape index (κ1) is 32.2. The van der Waals surface area contributed by atoms with E-state index in [1.165, 1.54) is 55.4 Å². The molecule has 1 aromatic heterocycles. The van der Waals surface area contributed by atoms with E-state index in [1.54, 1.807) is 7.11 Å². The first-order valence-electron chi connectivity index (χ1n) is 14.8. The SMILES string of the molecule is COc1ccc(C2CCCCC2)cc1-c1csc(NC(=O)N2CCN(C[C@@H]3CCCN(CCC(=O)[O-])C3)CC2)n1.[Na+]. The number of methoxy groups -OCH3 is 1. The molecule has 2 aliphatic heterocycles. The molecule has 5 rings (SSSR count). The van der Waals surface area contributed by atoms with Gasteiger partial charge in [0.25, 0.3) is 0 Å². The Morgan fingerprint density at radius 3 is 2.56 bits per heavy atom. The number of rotatable bonds is 9. The van der Waals surface area contributed by atoms with Crippen molar-refractivity contribution in [1.29, 1.82) is 0 Å². The van der Waals surface area contributed by atoms with Gasteiger partial charge in [-0.1, -0.05) is 25.3 Å². The standard InChI is InChI=1S/C30H43N5O4S.Na/c1-39-27-10-9-24(23-7-3-2-4-8-23)18-25(27)26-21-40-29(31-26)32-30(38)35-16-14-34(15-17-35)20-22-6-5-12-33(19-22)13-11-28(36)37;/h9-10,18,21-23H,2-8,11-17,19-20H2,1H3,(H,36,37)(H,31,32,38);/q;+1/p-1/t22-;/m1./s1. The largest absolute Gasteiger partial charge is 1.00 e. The minimum Gasteiger partial charge on any atom is -0.550 e. The molecule has 0 radical (unpaired) electrons. The van der Waals surface area contributed by atoms with Gasteiger partial charge in [-0.05, 0) is 68.2 Å². The molecule has 11 heteroatoms. The zero-order chi connectivity index (χ0) is 27.9. The summed E-state index contributed by atoms with van der Waals surface area (Å²) >= 11 is 1.45. The fourth-order valence-corrected chi connectivity index (χ4v) is 7.19. The number of nitrogens with zero attached hydrogens (tertiary/aromatic N) is 4. The number of carbonyl (C=O) groups is 2. The number of piperazine rings is 1. The maximum Gasteiger partial charge on any atom is 1.00 e. The molecule has 218 valence electrons. The molecule has 1 N–H and O–H groups in total. The Kier molecular flexibility index (Phi) is 12.3. The number of aromatic nitrogens is 1. The Morgan fingerprint density at radius 1 is 1.05 bits per heavy atom. The molecular formula is C30H42N5NaO4S. The van der Waals surface area contributed by atoms with Crippen molar-refractivity contribution in [2.24, 2.45) is 5.92 Å². The molecule has 2 aromatic rings. The Labute approximate surface area is 269 Å². The summed E-state index contributed by atoms with van der Waals surface area (Å²) in [5.41, 5.74) is 3.17. The minimum absolute atomic E-state index is 0. The summed E-state index contributed by atoms with van der Waals surface area (Å²) in [5.74, 6) is 0.965. The number of carbonyl (C=O) groups excluding carboxylic acids is 2. The topological polar surface area (TPSA) is 101 Å². The molecule has 1 aromatic carbocycles. The van der Waals surface area contributed by atoms with Gasteiger partial charge in [0, 0.05) is 62.7 Å². The van der Waals surface area contributed by atoms with Gasteiger partial charge in [-0.3, -0.25) is 10.2 Å². The van der Waals surface area contributed by atoms with Crippen molar-refractivity contribution in [1.82, 2.24) is 19.7 Å². The zero-order valence-electron chi connectivity index (χ0n) is 24.6. The van der Waals surface area contributed by atoms with E-state index in [0.29, 0.717) is 36.6 Å². The van der Waals surface area contributed by atoms with Crippen molar-refractivity contribution >= 4 is 28.5 Å². The number of ether oxygens (including phenoxy) is 1. The van der Waals surface area contributed by atoms with Gasteiger partial charge in [-0.25, -0.2) is 9.78 Å². The number of benzene rings is 1. The third-order valence-corrected chi connectivity index (χ3v) is 9.46. The first-order chi connectivity index (χ1) is 19.5. The Hall–Kier alpha value is -1.69. The van der Waals surface area contributed by atoms with Crippen LogP contribution >= 0.6 is 11.3 Å².